The summed E-state index contributed by atoms with van der Waals surface area (Å²) in [6.45, 7) is 6.85. The van der Waals surface area contributed by atoms with Crippen molar-refractivity contribution < 1.29 is 14.3 Å². The number of hydrogen-bond donors (Lipinski definition) is 2. The smallest absolute Gasteiger partial charge is 0.246 e. The highest BCUT2D eigenvalue weighted by molar-refractivity contribution is 5.98. The summed E-state index contributed by atoms with van der Waals surface area (Å²) in [5.74, 6) is 1.58. The molecule has 9 heteroatoms. The molecule has 1 amide bonds. The summed E-state index contributed by atoms with van der Waals surface area (Å²) in [5.41, 5.74) is 2.92. The van der Waals surface area contributed by atoms with Gasteiger partial charge >= 0.3 is 0 Å². The van der Waals surface area contributed by atoms with E-state index in [9.17, 15) is 9.59 Å². The van der Waals surface area contributed by atoms with E-state index < -0.39 is 0 Å². The van der Waals surface area contributed by atoms with Gasteiger partial charge < -0.3 is 15.0 Å². The molecule has 9 nitrogen and oxygen atoms in total. The van der Waals surface area contributed by atoms with E-state index in [1.807, 2.05) is 19.1 Å². The number of anilines is 1. The molecule has 0 spiro atoms. The molecule has 2 N–H and O–H groups in total. The number of amides is 1. The molecule has 0 saturated carbocycles. The van der Waals surface area contributed by atoms with E-state index in [1.165, 1.54) is 6.08 Å². The zero-order chi connectivity index (χ0) is 25.8. The maximum atomic E-state index is 12.9. The van der Waals surface area contributed by atoms with Crippen molar-refractivity contribution in [3.63, 3.8) is 0 Å². The summed E-state index contributed by atoms with van der Waals surface area (Å²) < 4.78 is 6.23. The SMILES string of the molecule is C=CC(=O)N1CCC[C@@H](Nc2n[nH]c3nccc(Oc4cccc(C(=O)Cc5cc(C)ccn5)c4)c23)C1. The first-order chi connectivity index (χ1) is 18.0. The summed E-state index contributed by atoms with van der Waals surface area (Å²) in [7, 11) is 0. The van der Waals surface area contributed by atoms with Gasteiger partial charge in [-0.2, -0.15) is 5.10 Å². The number of rotatable bonds is 8. The van der Waals surface area contributed by atoms with Crippen molar-refractivity contribution in [3.8, 4) is 11.5 Å². The molecule has 3 aromatic heterocycles. The second kappa shape index (κ2) is 10.6. The fourth-order valence-electron chi connectivity index (χ4n) is 4.55. The lowest BCUT2D eigenvalue weighted by molar-refractivity contribution is -0.127. The average molecular weight is 497 g/mol. The molecular weight excluding hydrogens is 468 g/mol. The molecule has 1 aromatic carbocycles. The molecule has 1 aliphatic rings. The van der Waals surface area contributed by atoms with Gasteiger partial charge in [0, 0.05) is 48.8 Å². The van der Waals surface area contributed by atoms with Gasteiger partial charge in [0.05, 0.1) is 6.42 Å². The number of H-pyrrole nitrogens is 1. The fourth-order valence-corrected chi connectivity index (χ4v) is 4.55. The number of Topliss-reactive ketones (excluding diaryl/α,β-unsaturated/α-hetero) is 1. The number of nitrogens with one attached hydrogen (secondary N) is 2. The maximum Gasteiger partial charge on any atom is 0.246 e. The third-order valence-electron chi connectivity index (χ3n) is 6.37. The third kappa shape index (κ3) is 5.50. The van der Waals surface area contributed by atoms with Crippen LogP contribution in [-0.2, 0) is 11.2 Å². The van der Waals surface area contributed by atoms with Crippen molar-refractivity contribution in [2.45, 2.75) is 32.2 Å². The van der Waals surface area contributed by atoms with Crippen LogP contribution in [0.15, 0.2) is 67.5 Å². The summed E-state index contributed by atoms with van der Waals surface area (Å²) in [6, 6.07) is 12.7. The number of hydrogen-bond acceptors (Lipinski definition) is 7. The van der Waals surface area contributed by atoms with Crippen LogP contribution in [-0.4, -0.2) is 55.9 Å². The van der Waals surface area contributed by atoms with Crippen molar-refractivity contribution in [3.05, 3.63) is 84.3 Å². The molecule has 1 fully saturated rings. The molecule has 1 saturated heterocycles. The van der Waals surface area contributed by atoms with Crippen LogP contribution in [0.25, 0.3) is 11.0 Å². The highest BCUT2D eigenvalue weighted by Crippen LogP contribution is 2.34. The standard InChI is InChI=1S/C28H28N6O3/c1-3-25(36)34-13-5-7-20(17-34)31-28-26-24(10-12-30-27(26)32-33-28)37-22-8-4-6-19(15-22)23(35)16-21-14-18(2)9-11-29-21/h3-4,6,8-12,14-15,20H,1,5,7,13,16-17H2,2H3,(H2,30,31,32,33)/t20-/m1/s1. The number of pyridine rings is 2. The Kier molecular flexibility index (Phi) is 6.93. The topological polar surface area (TPSA) is 113 Å². The van der Waals surface area contributed by atoms with Gasteiger partial charge in [0.1, 0.15) is 16.9 Å². The van der Waals surface area contributed by atoms with Crippen molar-refractivity contribution in [1.29, 1.82) is 0 Å². The van der Waals surface area contributed by atoms with Gasteiger partial charge in [-0.25, -0.2) is 4.98 Å². The first-order valence-electron chi connectivity index (χ1n) is 12.2. The minimum Gasteiger partial charge on any atom is -0.456 e. The third-order valence-corrected chi connectivity index (χ3v) is 6.37. The number of nitrogens with zero attached hydrogens (tertiary/aromatic N) is 4. The lowest BCUT2D eigenvalue weighted by atomic mass is 10.1. The largest absolute Gasteiger partial charge is 0.456 e. The Morgan fingerprint density at radius 3 is 2.92 bits per heavy atom. The summed E-state index contributed by atoms with van der Waals surface area (Å²) in [6.07, 6.45) is 6.71. The van der Waals surface area contributed by atoms with Gasteiger partial charge in [-0.1, -0.05) is 18.7 Å². The van der Waals surface area contributed by atoms with Gasteiger partial charge in [0.15, 0.2) is 17.2 Å². The van der Waals surface area contributed by atoms with Crippen molar-refractivity contribution in [1.82, 2.24) is 25.1 Å². The van der Waals surface area contributed by atoms with E-state index in [-0.39, 0.29) is 24.2 Å². The molecule has 5 rings (SSSR count). The van der Waals surface area contributed by atoms with Crippen LogP contribution in [0.5, 0.6) is 11.5 Å². The zero-order valence-corrected chi connectivity index (χ0v) is 20.6. The monoisotopic (exact) mass is 496 g/mol. The molecule has 0 aliphatic carbocycles. The Bertz CT molecular complexity index is 1460. The van der Waals surface area contributed by atoms with Gasteiger partial charge in [-0.15, -0.1) is 0 Å². The molecule has 1 atom stereocenters. The van der Waals surface area contributed by atoms with Crippen LogP contribution in [0.1, 0.15) is 34.5 Å². The number of ketones is 1. The molecule has 0 bridgehead atoms. The lowest BCUT2D eigenvalue weighted by Crippen LogP contribution is -2.44. The van der Waals surface area contributed by atoms with Gasteiger partial charge in [-0.3, -0.25) is 19.7 Å². The van der Waals surface area contributed by atoms with Crippen LogP contribution in [0, 0.1) is 6.92 Å². The van der Waals surface area contributed by atoms with Gasteiger partial charge in [0.25, 0.3) is 0 Å². The number of ether oxygens (including phenoxy) is 1. The number of carbonyl (C=O) groups is 2. The molecule has 0 unspecified atom stereocenters. The number of likely N-dealkylation sites (tertiary alicyclic amines) is 1. The summed E-state index contributed by atoms with van der Waals surface area (Å²) >= 11 is 0. The first kappa shape index (κ1) is 24.2. The Hall–Kier alpha value is -4.53. The molecule has 188 valence electrons. The van der Waals surface area contributed by atoms with Crippen molar-refractivity contribution in [2.24, 2.45) is 0 Å². The average Bonchev–Trinajstić information content (AvgIpc) is 3.32. The number of piperidine rings is 1. The van der Waals surface area contributed by atoms with Crippen LogP contribution in [0.2, 0.25) is 0 Å². The van der Waals surface area contributed by atoms with Crippen LogP contribution in [0.3, 0.4) is 0 Å². The van der Waals surface area contributed by atoms with Gasteiger partial charge in [-0.05, 0) is 55.7 Å². The normalized spacial score (nSPS) is 15.4. The Morgan fingerprint density at radius 2 is 2.08 bits per heavy atom. The number of carbonyl (C=O) groups excluding carboxylic acids is 2. The van der Waals surface area contributed by atoms with Crippen molar-refractivity contribution in [2.75, 3.05) is 18.4 Å². The Morgan fingerprint density at radius 1 is 1.22 bits per heavy atom. The van der Waals surface area contributed by atoms with E-state index in [1.54, 1.807) is 47.6 Å². The second-order valence-electron chi connectivity index (χ2n) is 9.13. The summed E-state index contributed by atoms with van der Waals surface area (Å²) in [4.78, 5) is 35.4. The maximum absolute atomic E-state index is 12.9. The van der Waals surface area contributed by atoms with E-state index in [0.29, 0.717) is 40.5 Å². The van der Waals surface area contributed by atoms with Crippen LogP contribution in [0.4, 0.5) is 5.82 Å². The molecule has 0 radical (unpaired) electrons. The van der Waals surface area contributed by atoms with E-state index in [4.69, 9.17) is 4.74 Å². The highest BCUT2D eigenvalue weighted by Gasteiger charge is 2.24. The number of aromatic nitrogens is 4. The zero-order valence-electron chi connectivity index (χ0n) is 20.6. The molecule has 37 heavy (non-hydrogen) atoms. The predicted molar refractivity (Wildman–Crippen MR) is 141 cm³/mol. The Labute approximate surface area is 214 Å². The summed E-state index contributed by atoms with van der Waals surface area (Å²) in [5, 5.41) is 11.5. The number of benzene rings is 1. The molecule has 1 aliphatic heterocycles. The number of fused-ring (bicyclic) bond motifs is 1. The van der Waals surface area contributed by atoms with E-state index in [0.717, 1.165) is 30.6 Å². The van der Waals surface area contributed by atoms with Gasteiger partial charge in [0.2, 0.25) is 5.91 Å². The number of aryl methyl sites for hydroxylation is 1. The van der Waals surface area contributed by atoms with Crippen LogP contribution >= 0.6 is 0 Å². The minimum absolute atomic E-state index is 0.0355. The van der Waals surface area contributed by atoms with Crippen molar-refractivity contribution >= 4 is 28.5 Å². The lowest BCUT2D eigenvalue weighted by Gasteiger charge is -2.32. The Balaban J connectivity index is 1.35. The quantitative estimate of drug-likeness (QED) is 0.273. The van der Waals surface area contributed by atoms with E-state index >= 15 is 0 Å². The minimum atomic E-state index is -0.0725. The number of aromatic amines is 1. The van der Waals surface area contributed by atoms with E-state index in [2.05, 4.69) is 32.1 Å². The predicted octanol–water partition coefficient (Wildman–Crippen LogP) is 4.47. The second-order valence-corrected chi connectivity index (χ2v) is 9.13. The molecule has 4 heterocycles. The first-order valence-corrected chi connectivity index (χ1v) is 12.2. The fraction of sp³-hybridized carbons (Fsp3) is 0.250. The molecule has 4 aromatic rings. The van der Waals surface area contributed by atoms with Crippen LogP contribution < -0.4 is 10.1 Å². The highest BCUT2D eigenvalue weighted by atomic mass is 16.5. The molecular formula is C28H28N6O3.